The summed E-state index contributed by atoms with van der Waals surface area (Å²) < 4.78 is 35.3. The maximum atomic E-state index is 14.6. The minimum Gasteiger partial charge on any atom is -0.492 e. The van der Waals surface area contributed by atoms with Crippen molar-refractivity contribution >= 4 is 27.5 Å². The van der Waals surface area contributed by atoms with Crippen LogP contribution in [0.15, 0.2) is 120 Å². The molecule has 0 fully saturated rings. The summed E-state index contributed by atoms with van der Waals surface area (Å²) in [4.78, 5) is 29.9. The van der Waals surface area contributed by atoms with Gasteiger partial charge in [-0.2, -0.15) is 0 Å². The Bertz CT molecular complexity index is 1630. The fraction of sp³-hybridized carbons (Fsp3) is 0.278. The number of benzene rings is 4. The molecule has 1 unspecified atom stereocenters. The van der Waals surface area contributed by atoms with Crippen LogP contribution in [0, 0.1) is 5.92 Å². The summed E-state index contributed by atoms with van der Waals surface area (Å²) in [5.41, 5.74) is 1.93. The van der Waals surface area contributed by atoms with E-state index in [4.69, 9.17) is 4.74 Å². The van der Waals surface area contributed by atoms with E-state index in [1.807, 2.05) is 81.4 Å². The third-order valence-electron chi connectivity index (χ3n) is 7.20. The first-order valence-electron chi connectivity index (χ1n) is 15.1. The molecule has 0 spiro atoms. The number of para-hydroxylation sites is 2. The van der Waals surface area contributed by atoms with Gasteiger partial charge in [0.2, 0.25) is 11.8 Å². The number of sulfonamides is 1. The summed E-state index contributed by atoms with van der Waals surface area (Å²) in [6.45, 7) is 6.12. The van der Waals surface area contributed by atoms with Gasteiger partial charge in [0.1, 0.15) is 18.3 Å². The highest BCUT2D eigenvalue weighted by molar-refractivity contribution is 7.92. The van der Waals surface area contributed by atoms with Crippen LogP contribution in [-0.4, -0.2) is 50.9 Å². The number of ether oxygens (including phenoxy) is 1. The van der Waals surface area contributed by atoms with Crippen molar-refractivity contribution in [2.45, 2.75) is 44.7 Å². The molecule has 2 amide bonds. The van der Waals surface area contributed by atoms with Gasteiger partial charge in [-0.25, -0.2) is 8.42 Å². The number of hydrogen-bond donors (Lipinski definition) is 1. The molecule has 1 atom stereocenters. The Kier molecular flexibility index (Phi) is 11.8. The fourth-order valence-corrected chi connectivity index (χ4v) is 6.38. The molecule has 4 rings (SSSR count). The Morgan fingerprint density at radius 2 is 1.33 bits per heavy atom. The molecule has 0 aliphatic heterocycles. The lowest BCUT2D eigenvalue weighted by Gasteiger charge is -2.34. The highest BCUT2D eigenvalue weighted by Gasteiger charge is 2.35. The van der Waals surface area contributed by atoms with Crippen molar-refractivity contribution in [2.24, 2.45) is 5.92 Å². The lowest BCUT2D eigenvalue weighted by molar-refractivity contribution is -0.140. The SMILES string of the molecule is CCOc1ccccc1N(CC(=O)N(Cc1ccccc1)C(Cc1ccccc1)C(=O)NCC(C)C)S(=O)(=O)c1ccccc1. The maximum Gasteiger partial charge on any atom is 0.264 e. The standard InChI is InChI=1S/C36H41N3O5S/c1-4-44-34-23-15-14-22-32(34)39(45(42,43)31-20-12-7-13-21-31)27-35(40)38(26-30-18-10-6-11-19-30)33(36(41)37-25-28(2)3)24-29-16-8-5-9-17-29/h5-23,28,33H,4,24-27H2,1-3H3,(H,37,41). The van der Waals surface area contributed by atoms with E-state index in [2.05, 4.69) is 5.32 Å². The molecule has 4 aromatic carbocycles. The summed E-state index contributed by atoms with van der Waals surface area (Å²) in [6, 6.07) is 32.7. The summed E-state index contributed by atoms with van der Waals surface area (Å²) in [7, 11) is -4.22. The lowest BCUT2D eigenvalue weighted by Crippen LogP contribution is -2.53. The Balaban J connectivity index is 1.81. The number of nitrogens with zero attached hydrogens (tertiary/aromatic N) is 2. The summed E-state index contributed by atoms with van der Waals surface area (Å²) in [5.74, 6) is -0.294. The zero-order valence-electron chi connectivity index (χ0n) is 26.0. The van der Waals surface area contributed by atoms with E-state index in [1.165, 1.54) is 17.0 Å². The third kappa shape index (κ3) is 8.95. The van der Waals surface area contributed by atoms with Gasteiger partial charge < -0.3 is 15.0 Å². The molecule has 8 nitrogen and oxygen atoms in total. The second-order valence-corrected chi connectivity index (χ2v) is 12.9. The van der Waals surface area contributed by atoms with Gasteiger partial charge >= 0.3 is 0 Å². The second-order valence-electron chi connectivity index (χ2n) is 11.1. The van der Waals surface area contributed by atoms with Gasteiger partial charge in [0.25, 0.3) is 10.0 Å². The monoisotopic (exact) mass is 627 g/mol. The average molecular weight is 628 g/mol. The minimum atomic E-state index is -4.22. The fourth-order valence-electron chi connectivity index (χ4n) is 4.93. The predicted molar refractivity (Wildman–Crippen MR) is 177 cm³/mol. The molecule has 4 aromatic rings. The van der Waals surface area contributed by atoms with E-state index in [0.29, 0.717) is 18.9 Å². The Morgan fingerprint density at radius 1 is 0.778 bits per heavy atom. The largest absolute Gasteiger partial charge is 0.492 e. The Labute approximate surface area is 266 Å². The molecule has 1 N–H and O–H groups in total. The quantitative estimate of drug-likeness (QED) is 0.183. The van der Waals surface area contributed by atoms with E-state index in [1.54, 1.807) is 42.5 Å². The highest BCUT2D eigenvalue weighted by Crippen LogP contribution is 2.33. The Hall–Kier alpha value is -4.63. The van der Waals surface area contributed by atoms with Crippen molar-refractivity contribution in [1.82, 2.24) is 10.2 Å². The molecule has 0 aliphatic carbocycles. The smallest absolute Gasteiger partial charge is 0.264 e. The number of anilines is 1. The highest BCUT2D eigenvalue weighted by atomic mass is 32.2. The first kappa shape index (κ1) is 33.3. The van der Waals surface area contributed by atoms with Crippen LogP contribution < -0.4 is 14.4 Å². The van der Waals surface area contributed by atoms with Gasteiger partial charge in [-0.05, 0) is 48.2 Å². The molecule has 0 aromatic heterocycles. The molecule has 9 heteroatoms. The molecular formula is C36H41N3O5S. The topological polar surface area (TPSA) is 96.0 Å². The van der Waals surface area contributed by atoms with Crippen LogP contribution in [0.2, 0.25) is 0 Å². The van der Waals surface area contributed by atoms with E-state index in [9.17, 15) is 18.0 Å². The normalized spacial score (nSPS) is 11.9. The predicted octanol–water partition coefficient (Wildman–Crippen LogP) is 5.69. The zero-order chi connectivity index (χ0) is 32.2. The number of amides is 2. The molecular weight excluding hydrogens is 586 g/mol. The molecule has 0 saturated heterocycles. The first-order chi connectivity index (χ1) is 21.7. The van der Waals surface area contributed by atoms with Crippen LogP contribution in [0.25, 0.3) is 0 Å². The molecule has 0 aliphatic rings. The third-order valence-corrected chi connectivity index (χ3v) is 8.97. The van der Waals surface area contributed by atoms with E-state index in [-0.39, 0.29) is 35.4 Å². The second kappa shape index (κ2) is 15.9. The van der Waals surface area contributed by atoms with Crippen LogP contribution >= 0.6 is 0 Å². The van der Waals surface area contributed by atoms with Crippen molar-refractivity contribution in [1.29, 1.82) is 0 Å². The van der Waals surface area contributed by atoms with Crippen LogP contribution in [0.4, 0.5) is 5.69 Å². The number of carbonyl (C=O) groups is 2. The average Bonchev–Trinajstić information content (AvgIpc) is 3.06. The summed E-state index contributed by atoms with van der Waals surface area (Å²) >= 11 is 0. The molecule has 45 heavy (non-hydrogen) atoms. The van der Waals surface area contributed by atoms with Crippen molar-refractivity contribution in [3.8, 4) is 5.75 Å². The van der Waals surface area contributed by atoms with Crippen LogP contribution in [0.1, 0.15) is 31.9 Å². The van der Waals surface area contributed by atoms with Crippen molar-refractivity contribution in [3.05, 3.63) is 126 Å². The number of rotatable bonds is 15. The van der Waals surface area contributed by atoms with Gasteiger partial charge in [-0.15, -0.1) is 0 Å². The summed E-state index contributed by atoms with van der Waals surface area (Å²) in [6.07, 6.45) is 0.254. The van der Waals surface area contributed by atoms with E-state index >= 15 is 0 Å². The van der Waals surface area contributed by atoms with Crippen LogP contribution in [0.3, 0.4) is 0 Å². The number of nitrogens with one attached hydrogen (secondary N) is 1. The lowest BCUT2D eigenvalue weighted by atomic mass is 10.0. The summed E-state index contributed by atoms with van der Waals surface area (Å²) in [5, 5.41) is 3.01. The molecule has 0 heterocycles. The minimum absolute atomic E-state index is 0.0363. The molecule has 236 valence electrons. The van der Waals surface area contributed by atoms with Crippen molar-refractivity contribution in [2.75, 3.05) is 24.0 Å². The zero-order valence-corrected chi connectivity index (χ0v) is 26.8. The molecule has 0 saturated carbocycles. The number of hydrogen-bond acceptors (Lipinski definition) is 5. The van der Waals surface area contributed by atoms with Gasteiger partial charge in [0.05, 0.1) is 17.2 Å². The van der Waals surface area contributed by atoms with Crippen LogP contribution in [0.5, 0.6) is 5.75 Å². The van der Waals surface area contributed by atoms with Gasteiger partial charge in [0, 0.05) is 19.5 Å². The van der Waals surface area contributed by atoms with E-state index in [0.717, 1.165) is 15.4 Å². The maximum absolute atomic E-state index is 14.6. The molecule has 0 radical (unpaired) electrons. The van der Waals surface area contributed by atoms with E-state index < -0.39 is 28.5 Å². The number of carbonyl (C=O) groups excluding carboxylic acids is 2. The first-order valence-corrected chi connectivity index (χ1v) is 16.6. The van der Waals surface area contributed by atoms with Gasteiger partial charge in [-0.3, -0.25) is 13.9 Å². The molecule has 0 bridgehead atoms. The van der Waals surface area contributed by atoms with Crippen LogP contribution in [-0.2, 0) is 32.6 Å². The Morgan fingerprint density at radius 3 is 1.93 bits per heavy atom. The van der Waals surface area contributed by atoms with Crippen molar-refractivity contribution in [3.63, 3.8) is 0 Å². The van der Waals surface area contributed by atoms with Gasteiger partial charge in [0.15, 0.2) is 0 Å². The van der Waals surface area contributed by atoms with Gasteiger partial charge in [-0.1, -0.05) is 105 Å². The van der Waals surface area contributed by atoms with Crippen molar-refractivity contribution < 1.29 is 22.7 Å².